The molecule has 0 spiro atoms. The summed E-state index contributed by atoms with van der Waals surface area (Å²) in [5.41, 5.74) is 1.63. The first-order valence-corrected chi connectivity index (χ1v) is 14.2. The van der Waals surface area contributed by atoms with Crippen LogP contribution in [0, 0.1) is 17.8 Å². The molecule has 216 valence electrons. The van der Waals surface area contributed by atoms with Gasteiger partial charge in [-0.15, -0.1) is 0 Å². The van der Waals surface area contributed by atoms with E-state index in [9.17, 15) is 9.59 Å². The minimum atomic E-state index is -0.525. The molecule has 39 heavy (non-hydrogen) atoms. The Morgan fingerprint density at radius 1 is 1.13 bits per heavy atom. The number of benzene rings is 1. The molecule has 2 aromatic rings. The van der Waals surface area contributed by atoms with Crippen molar-refractivity contribution in [2.24, 2.45) is 17.8 Å². The van der Waals surface area contributed by atoms with E-state index in [0.717, 1.165) is 17.5 Å². The second kappa shape index (κ2) is 14.1. The minimum absolute atomic E-state index is 0.00103. The molecule has 0 radical (unpaired) electrons. The van der Waals surface area contributed by atoms with Crippen LogP contribution in [0.1, 0.15) is 46.1 Å². The molecule has 1 saturated heterocycles. The lowest BCUT2D eigenvalue weighted by Gasteiger charge is -2.40. The number of aliphatic hydroxyl groups is 1. The number of aromatic amines is 1. The summed E-state index contributed by atoms with van der Waals surface area (Å²) in [6.07, 6.45) is 3.59. The molecule has 0 unspecified atom stereocenters. The first-order valence-electron chi connectivity index (χ1n) is 14.2. The highest BCUT2D eigenvalue weighted by Crippen LogP contribution is 2.37. The summed E-state index contributed by atoms with van der Waals surface area (Å²) in [5, 5.41) is 8.80. The van der Waals surface area contributed by atoms with E-state index in [-0.39, 0.29) is 42.0 Å². The summed E-state index contributed by atoms with van der Waals surface area (Å²) in [7, 11) is 0. The van der Waals surface area contributed by atoms with Gasteiger partial charge in [0.2, 0.25) is 6.29 Å². The van der Waals surface area contributed by atoms with E-state index < -0.39 is 6.29 Å². The van der Waals surface area contributed by atoms with Gasteiger partial charge in [0.25, 0.3) is 5.91 Å². The molecule has 0 aliphatic carbocycles. The zero-order valence-electron chi connectivity index (χ0n) is 23.3. The molecule has 10 nitrogen and oxygen atoms in total. The van der Waals surface area contributed by atoms with E-state index in [1.54, 1.807) is 0 Å². The number of aromatic nitrogens is 2. The third kappa shape index (κ3) is 7.11. The van der Waals surface area contributed by atoms with Gasteiger partial charge in [-0.3, -0.25) is 9.36 Å². The van der Waals surface area contributed by atoms with Crippen molar-refractivity contribution >= 4 is 16.9 Å². The number of H-pyrrole nitrogens is 1. The lowest BCUT2D eigenvalue weighted by atomic mass is 9.79. The van der Waals surface area contributed by atoms with Gasteiger partial charge in [-0.2, -0.15) is 0 Å². The summed E-state index contributed by atoms with van der Waals surface area (Å²) in [5.74, 6) is 0.678. The molecule has 1 amide bonds. The van der Waals surface area contributed by atoms with Crippen LogP contribution in [0.3, 0.4) is 0 Å². The first-order chi connectivity index (χ1) is 18.9. The van der Waals surface area contributed by atoms with E-state index in [2.05, 4.69) is 18.8 Å². The monoisotopic (exact) mass is 545 g/mol. The lowest BCUT2D eigenvalue weighted by molar-refractivity contribution is -0.180. The molecule has 3 heterocycles. The topological polar surface area (TPSA) is 115 Å². The fourth-order valence-corrected chi connectivity index (χ4v) is 5.72. The van der Waals surface area contributed by atoms with E-state index in [1.807, 2.05) is 46.7 Å². The summed E-state index contributed by atoms with van der Waals surface area (Å²) in [4.78, 5) is 31.0. The predicted octanol–water partition coefficient (Wildman–Crippen LogP) is 3.07. The number of aliphatic hydroxyl groups excluding tert-OH is 1. The van der Waals surface area contributed by atoms with Gasteiger partial charge >= 0.3 is 5.69 Å². The third-order valence-electron chi connectivity index (χ3n) is 7.69. The summed E-state index contributed by atoms with van der Waals surface area (Å²) in [6.45, 7) is 9.55. The zero-order chi connectivity index (χ0) is 27.8. The van der Waals surface area contributed by atoms with Crippen molar-refractivity contribution in [2.75, 3.05) is 52.7 Å². The highest BCUT2D eigenvalue weighted by Gasteiger charge is 2.40. The van der Waals surface area contributed by atoms with E-state index >= 15 is 0 Å². The largest absolute Gasteiger partial charge is 0.459 e. The van der Waals surface area contributed by atoms with Crippen molar-refractivity contribution < 1.29 is 28.8 Å². The molecule has 0 saturated carbocycles. The Morgan fingerprint density at radius 2 is 1.85 bits per heavy atom. The number of para-hydroxylation sites is 2. The summed E-state index contributed by atoms with van der Waals surface area (Å²) >= 11 is 0. The van der Waals surface area contributed by atoms with Crippen molar-refractivity contribution in [1.82, 2.24) is 14.5 Å². The standard InChI is InChI=1S/C29H43N3O7/c1-4-38-28-22(11-15-36-17-18-37-16-14-33)23(20(2)3)19-26(39-28)27(34)31-12-9-21(10-13-31)32-25-8-6-5-7-24(25)30-29(32)35/h5-8,19-23,28,33H,4,9-18H2,1-3H3,(H,30,35)/t22-,23+,28+/m1/s1. The molecule has 0 bridgehead atoms. The van der Waals surface area contributed by atoms with Crippen LogP contribution in [0.4, 0.5) is 0 Å². The van der Waals surface area contributed by atoms with Crippen LogP contribution in [0.5, 0.6) is 0 Å². The molecule has 10 heteroatoms. The molecule has 3 atom stereocenters. The number of allylic oxidation sites excluding steroid dienone is 1. The Labute approximate surface area is 229 Å². The molecule has 1 aromatic carbocycles. The molecular weight excluding hydrogens is 502 g/mol. The summed E-state index contributed by atoms with van der Waals surface area (Å²) < 4.78 is 25.0. The minimum Gasteiger partial charge on any atom is -0.459 e. The second-order valence-corrected chi connectivity index (χ2v) is 10.5. The maximum absolute atomic E-state index is 13.6. The number of hydrogen-bond acceptors (Lipinski definition) is 7. The van der Waals surface area contributed by atoms with Gasteiger partial charge in [0.05, 0.1) is 37.5 Å². The van der Waals surface area contributed by atoms with Crippen LogP contribution in [0.2, 0.25) is 0 Å². The van der Waals surface area contributed by atoms with Crippen LogP contribution < -0.4 is 5.69 Å². The molecule has 2 aliphatic rings. The van der Waals surface area contributed by atoms with Gasteiger partial charge in [-0.25, -0.2) is 4.79 Å². The SMILES string of the molecule is CCO[C@H]1OC(C(=O)N2CCC(n3c(=O)[nH]c4ccccc43)CC2)=C[C@@H](C(C)C)[C@H]1CCOCCOCCO. The van der Waals surface area contributed by atoms with Gasteiger partial charge in [-0.1, -0.05) is 26.0 Å². The Bertz CT molecular complexity index is 1150. The molecule has 1 fully saturated rings. The number of carbonyl (C=O) groups excluding carboxylic acids is 1. The van der Waals surface area contributed by atoms with Gasteiger partial charge < -0.3 is 33.9 Å². The molecule has 1 aromatic heterocycles. The van der Waals surface area contributed by atoms with E-state index in [0.29, 0.717) is 64.7 Å². The zero-order valence-corrected chi connectivity index (χ0v) is 23.3. The molecule has 2 N–H and O–H groups in total. The van der Waals surface area contributed by atoms with E-state index in [1.165, 1.54) is 0 Å². The second-order valence-electron chi connectivity index (χ2n) is 10.5. The third-order valence-corrected chi connectivity index (χ3v) is 7.69. The van der Waals surface area contributed by atoms with Gasteiger partial charge in [-0.05, 0) is 56.2 Å². The number of amides is 1. The first kappa shape index (κ1) is 29.3. The molecular formula is C29H43N3O7. The Kier molecular flexibility index (Phi) is 10.6. The predicted molar refractivity (Wildman–Crippen MR) is 147 cm³/mol. The van der Waals surface area contributed by atoms with Crippen molar-refractivity contribution in [3.8, 4) is 0 Å². The number of piperidine rings is 1. The van der Waals surface area contributed by atoms with Crippen molar-refractivity contribution in [1.29, 1.82) is 0 Å². The fraction of sp³-hybridized carbons (Fsp3) is 0.655. The number of carbonyl (C=O) groups is 1. The number of rotatable bonds is 13. The molecule has 4 rings (SSSR count). The number of likely N-dealkylation sites (tertiary alicyclic amines) is 1. The van der Waals surface area contributed by atoms with Gasteiger partial charge in [0, 0.05) is 38.3 Å². The lowest BCUT2D eigenvalue weighted by Crippen LogP contribution is -2.45. The number of nitrogens with one attached hydrogen (secondary N) is 1. The van der Waals surface area contributed by atoms with Gasteiger partial charge in [0.1, 0.15) is 0 Å². The highest BCUT2D eigenvalue weighted by molar-refractivity contribution is 5.91. The van der Waals surface area contributed by atoms with Crippen LogP contribution in [-0.2, 0) is 23.7 Å². The van der Waals surface area contributed by atoms with Crippen LogP contribution >= 0.6 is 0 Å². The number of nitrogens with zero attached hydrogens (tertiary/aromatic N) is 2. The van der Waals surface area contributed by atoms with Crippen LogP contribution in [0.15, 0.2) is 40.9 Å². The molecule has 2 aliphatic heterocycles. The number of fused-ring (bicyclic) bond motifs is 1. The highest BCUT2D eigenvalue weighted by atomic mass is 16.7. The van der Waals surface area contributed by atoms with Crippen LogP contribution in [0.25, 0.3) is 11.0 Å². The maximum Gasteiger partial charge on any atom is 0.326 e. The van der Waals surface area contributed by atoms with Crippen LogP contribution in [-0.4, -0.2) is 84.5 Å². The quantitative estimate of drug-likeness (QED) is 0.372. The maximum atomic E-state index is 13.6. The van der Waals surface area contributed by atoms with Crippen molar-refractivity contribution in [2.45, 2.75) is 52.4 Å². The number of ether oxygens (including phenoxy) is 4. The summed E-state index contributed by atoms with van der Waals surface area (Å²) in [6, 6.07) is 7.75. The number of imidazole rings is 1. The average Bonchev–Trinajstić information content (AvgIpc) is 3.28. The smallest absolute Gasteiger partial charge is 0.326 e. The van der Waals surface area contributed by atoms with Crippen molar-refractivity contribution in [3.63, 3.8) is 0 Å². The van der Waals surface area contributed by atoms with E-state index in [4.69, 9.17) is 24.1 Å². The fourth-order valence-electron chi connectivity index (χ4n) is 5.72. The van der Waals surface area contributed by atoms with Gasteiger partial charge in [0.15, 0.2) is 5.76 Å². The van der Waals surface area contributed by atoms with Crippen molar-refractivity contribution in [3.05, 3.63) is 46.6 Å². The average molecular weight is 546 g/mol. The Hall–Kier alpha value is -2.66. The normalized spacial score (nSPS) is 22.3. The Morgan fingerprint density at radius 3 is 2.54 bits per heavy atom. The Balaban J connectivity index is 1.39. The number of hydrogen-bond donors (Lipinski definition) is 2.